The second-order valence-corrected chi connectivity index (χ2v) is 8.04. The third-order valence-corrected chi connectivity index (χ3v) is 3.51. The van der Waals surface area contributed by atoms with Gasteiger partial charge in [-0.15, -0.1) is 0 Å². The highest BCUT2D eigenvalue weighted by molar-refractivity contribution is 5.43. The van der Waals surface area contributed by atoms with Crippen LogP contribution in [0.3, 0.4) is 0 Å². The van der Waals surface area contributed by atoms with Gasteiger partial charge in [0, 0.05) is 12.1 Å². The summed E-state index contributed by atoms with van der Waals surface area (Å²) in [4.78, 5) is 0. The fraction of sp³-hybridized carbons (Fsp3) is 0.700. The highest BCUT2D eigenvalue weighted by Crippen LogP contribution is 2.30. The molecule has 0 saturated heterocycles. The molecule has 23 heavy (non-hydrogen) atoms. The lowest BCUT2D eigenvalue weighted by Gasteiger charge is -2.33. The van der Waals surface area contributed by atoms with Gasteiger partial charge in [0.2, 0.25) is 0 Å². The van der Waals surface area contributed by atoms with Crippen molar-refractivity contribution < 1.29 is 9.47 Å². The van der Waals surface area contributed by atoms with Crippen LogP contribution in [-0.4, -0.2) is 18.8 Å². The first kappa shape index (κ1) is 19.8. The Hall–Kier alpha value is -1.22. The molecule has 3 nitrogen and oxygen atoms in total. The highest BCUT2D eigenvalue weighted by atomic mass is 16.5. The molecule has 0 radical (unpaired) electrons. The van der Waals surface area contributed by atoms with Crippen molar-refractivity contribution in [3.05, 3.63) is 23.8 Å². The molecule has 0 spiro atoms. The maximum Gasteiger partial charge on any atom is 0.161 e. The number of benzene rings is 1. The van der Waals surface area contributed by atoms with Gasteiger partial charge in [0.05, 0.1) is 13.2 Å². The van der Waals surface area contributed by atoms with Crippen LogP contribution in [-0.2, 0) is 6.54 Å². The van der Waals surface area contributed by atoms with Crippen molar-refractivity contribution in [1.82, 2.24) is 5.32 Å². The number of ether oxygens (including phenoxy) is 2. The Morgan fingerprint density at radius 1 is 0.957 bits per heavy atom. The molecule has 0 aromatic heterocycles. The van der Waals surface area contributed by atoms with Crippen molar-refractivity contribution in [1.29, 1.82) is 0 Å². The number of hydrogen-bond donors (Lipinski definition) is 1. The third kappa shape index (κ3) is 7.74. The van der Waals surface area contributed by atoms with E-state index in [9.17, 15) is 0 Å². The SMILES string of the molecule is CCCOc1ccc(CNC(C)(C)CC(C)(C)C)cc1OCC. The van der Waals surface area contributed by atoms with Gasteiger partial charge in [-0.3, -0.25) is 0 Å². The molecule has 0 unspecified atom stereocenters. The van der Waals surface area contributed by atoms with Gasteiger partial charge >= 0.3 is 0 Å². The Balaban J connectivity index is 2.75. The van der Waals surface area contributed by atoms with E-state index in [4.69, 9.17) is 9.47 Å². The molecule has 1 N–H and O–H groups in total. The van der Waals surface area contributed by atoms with Crippen LogP contribution < -0.4 is 14.8 Å². The number of hydrogen-bond acceptors (Lipinski definition) is 3. The quantitative estimate of drug-likeness (QED) is 0.680. The van der Waals surface area contributed by atoms with Crippen molar-refractivity contribution in [3.63, 3.8) is 0 Å². The monoisotopic (exact) mass is 321 g/mol. The molecule has 0 saturated carbocycles. The van der Waals surface area contributed by atoms with E-state index in [1.54, 1.807) is 0 Å². The minimum Gasteiger partial charge on any atom is -0.490 e. The Bertz CT molecular complexity index is 475. The standard InChI is InChI=1S/C20H35NO2/c1-8-12-23-17-11-10-16(13-18(17)22-9-2)14-21-20(6,7)15-19(3,4)5/h10-11,13,21H,8-9,12,14-15H2,1-7H3. The Labute approximate surface area is 142 Å². The van der Waals surface area contributed by atoms with Crippen LogP contribution in [0.2, 0.25) is 0 Å². The van der Waals surface area contributed by atoms with E-state index in [-0.39, 0.29) is 5.54 Å². The molecule has 0 aliphatic carbocycles. The molecule has 3 heteroatoms. The third-order valence-electron chi connectivity index (χ3n) is 3.51. The predicted molar refractivity (Wildman–Crippen MR) is 98.4 cm³/mol. The topological polar surface area (TPSA) is 30.5 Å². The van der Waals surface area contributed by atoms with Gasteiger partial charge < -0.3 is 14.8 Å². The summed E-state index contributed by atoms with van der Waals surface area (Å²) >= 11 is 0. The normalized spacial score (nSPS) is 12.3. The van der Waals surface area contributed by atoms with Crippen LogP contribution in [0.4, 0.5) is 0 Å². The average molecular weight is 322 g/mol. The fourth-order valence-corrected chi connectivity index (χ4v) is 2.99. The molecule has 0 fully saturated rings. The van der Waals surface area contributed by atoms with Crippen LogP contribution >= 0.6 is 0 Å². The summed E-state index contributed by atoms with van der Waals surface area (Å²) in [5.74, 6) is 1.68. The van der Waals surface area contributed by atoms with Gasteiger partial charge in [0.25, 0.3) is 0 Å². The lowest BCUT2D eigenvalue weighted by atomic mass is 9.82. The lowest BCUT2D eigenvalue weighted by Crippen LogP contribution is -2.41. The first-order valence-corrected chi connectivity index (χ1v) is 8.80. The van der Waals surface area contributed by atoms with E-state index in [1.165, 1.54) is 5.56 Å². The van der Waals surface area contributed by atoms with E-state index < -0.39 is 0 Å². The van der Waals surface area contributed by atoms with Crippen molar-refractivity contribution in [2.45, 2.75) is 73.4 Å². The van der Waals surface area contributed by atoms with Gasteiger partial charge in [0.15, 0.2) is 11.5 Å². The molecule has 0 amide bonds. The Kier molecular flexibility index (Phi) is 7.40. The lowest BCUT2D eigenvalue weighted by molar-refractivity contribution is 0.240. The summed E-state index contributed by atoms with van der Waals surface area (Å²) in [6.45, 7) is 17.7. The Morgan fingerprint density at radius 2 is 1.65 bits per heavy atom. The van der Waals surface area contributed by atoms with Gasteiger partial charge in [-0.1, -0.05) is 33.8 Å². The average Bonchev–Trinajstić information content (AvgIpc) is 2.42. The minimum absolute atomic E-state index is 0.0986. The molecule has 1 rings (SSSR count). The zero-order valence-corrected chi connectivity index (χ0v) is 16.1. The molecule has 0 aliphatic rings. The van der Waals surface area contributed by atoms with Crippen molar-refractivity contribution in [3.8, 4) is 11.5 Å². The first-order valence-electron chi connectivity index (χ1n) is 8.80. The van der Waals surface area contributed by atoms with Gasteiger partial charge in [-0.2, -0.15) is 0 Å². The zero-order valence-electron chi connectivity index (χ0n) is 16.1. The van der Waals surface area contributed by atoms with Crippen LogP contribution in [0.1, 0.15) is 66.9 Å². The summed E-state index contributed by atoms with van der Waals surface area (Å²) < 4.78 is 11.5. The highest BCUT2D eigenvalue weighted by Gasteiger charge is 2.24. The minimum atomic E-state index is 0.0986. The van der Waals surface area contributed by atoms with Crippen LogP contribution in [0.15, 0.2) is 18.2 Å². The fourth-order valence-electron chi connectivity index (χ4n) is 2.99. The van der Waals surface area contributed by atoms with E-state index in [1.807, 2.05) is 13.0 Å². The van der Waals surface area contributed by atoms with Crippen LogP contribution in [0, 0.1) is 5.41 Å². The van der Waals surface area contributed by atoms with Gasteiger partial charge in [0.1, 0.15) is 0 Å². The summed E-state index contributed by atoms with van der Waals surface area (Å²) in [6, 6.07) is 6.23. The summed E-state index contributed by atoms with van der Waals surface area (Å²) in [7, 11) is 0. The van der Waals surface area contributed by atoms with Crippen LogP contribution in [0.5, 0.6) is 11.5 Å². The van der Waals surface area contributed by atoms with Gasteiger partial charge in [-0.25, -0.2) is 0 Å². The smallest absolute Gasteiger partial charge is 0.161 e. The largest absolute Gasteiger partial charge is 0.490 e. The maximum atomic E-state index is 5.76. The van der Waals surface area contributed by atoms with Crippen molar-refractivity contribution in [2.24, 2.45) is 5.41 Å². The molecule has 132 valence electrons. The molecular formula is C20H35NO2. The van der Waals surface area contributed by atoms with Crippen LogP contribution in [0.25, 0.3) is 0 Å². The number of nitrogens with one attached hydrogen (secondary N) is 1. The molecule has 0 aliphatic heterocycles. The summed E-state index contributed by atoms with van der Waals surface area (Å²) in [5.41, 5.74) is 1.63. The molecular weight excluding hydrogens is 286 g/mol. The van der Waals surface area contributed by atoms with E-state index in [0.29, 0.717) is 12.0 Å². The molecule has 0 heterocycles. The van der Waals surface area contributed by atoms with E-state index >= 15 is 0 Å². The second kappa shape index (κ2) is 8.58. The second-order valence-electron chi connectivity index (χ2n) is 8.04. The summed E-state index contributed by atoms with van der Waals surface area (Å²) in [5, 5.41) is 3.67. The van der Waals surface area contributed by atoms with Crippen molar-refractivity contribution >= 4 is 0 Å². The number of rotatable bonds is 9. The van der Waals surface area contributed by atoms with E-state index in [2.05, 4.69) is 59.0 Å². The van der Waals surface area contributed by atoms with E-state index in [0.717, 1.165) is 37.5 Å². The van der Waals surface area contributed by atoms with Gasteiger partial charge in [-0.05, 0) is 56.7 Å². The Morgan fingerprint density at radius 3 is 2.22 bits per heavy atom. The molecule has 0 bridgehead atoms. The maximum absolute atomic E-state index is 5.76. The molecule has 1 aromatic carbocycles. The van der Waals surface area contributed by atoms with Crippen molar-refractivity contribution in [2.75, 3.05) is 13.2 Å². The zero-order chi connectivity index (χ0) is 17.5. The first-order chi connectivity index (χ1) is 10.7. The molecule has 1 aromatic rings. The summed E-state index contributed by atoms with van der Waals surface area (Å²) in [6.07, 6.45) is 2.12. The predicted octanol–water partition coefficient (Wildman–Crippen LogP) is 5.18. The molecule has 0 atom stereocenters.